The first-order valence-corrected chi connectivity index (χ1v) is 10.1. The van der Waals surface area contributed by atoms with Gasteiger partial charge in [0, 0.05) is 11.2 Å². The van der Waals surface area contributed by atoms with Crippen LogP contribution in [0.3, 0.4) is 0 Å². The first kappa shape index (κ1) is 18.4. The third-order valence-corrected chi connectivity index (χ3v) is 6.20. The number of benzene rings is 2. The van der Waals surface area contributed by atoms with E-state index < -0.39 is 15.8 Å². The van der Waals surface area contributed by atoms with Gasteiger partial charge in [0.2, 0.25) is 0 Å². The van der Waals surface area contributed by atoms with Gasteiger partial charge in [-0.25, -0.2) is 12.8 Å². The Labute approximate surface area is 165 Å². The molecule has 142 valence electrons. The molecule has 0 radical (unpaired) electrons. The highest BCUT2D eigenvalue weighted by Crippen LogP contribution is 2.29. The Hall–Kier alpha value is -2.97. The minimum absolute atomic E-state index is 0.0103. The van der Waals surface area contributed by atoms with Crippen LogP contribution in [0.1, 0.15) is 5.56 Å². The Kier molecular flexibility index (Phi) is 4.74. The van der Waals surface area contributed by atoms with Crippen LogP contribution < -0.4 is 4.31 Å². The molecular formula is C19H14ClFN4O2S. The minimum Gasteiger partial charge on any atom is -0.288 e. The summed E-state index contributed by atoms with van der Waals surface area (Å²) >= 11 is 6.08. The molecule has 28 heavy (non-hydrogen) atoms. The van der Waals surface area contributed by atoms with Crippen LogP contribution in [0, 0.1) is 5.82 Å². The molecule has 0 unspecified atom stereocenters. The molecule has 4 rings (SSSR count). The predicted molar refractivity (Wildman–Crippen MR) is 104 cm³/mol. The molecule has 2 aromatic heterocycles. The van der Waals surface area contributed by atoms with Gasteiger partial charge in [-0.15, -0.1) is 10.2 Å². The third kappa shape index (κ3) is 3.44. The summed E-state index contributed by atoms with van der Waals surface area (Å²) < 4.78 is 43.5. The standard InChI is InChI=1S/C19H14ClFN4O2S/c20-15-5-2-7-17(11-15)25(12-14-4-1-6-16(21)10-14)28(26,27)18-8-3-9-24-13-22-23-19(18)24/h1-11,13H,12H2. The van der Waals surface area contributed by atoms with Gasteiger partial charge in [-0.05, 0) is 48.0 Å². The van der Waals surface area contributed by atoms with E-state index in [4.69, 9.17) is 11.6 Å². The molecule has 4 aromatic rings. The lowest BCUT2D eigenvalue weighted by Crippen LogP contribution is -2.31. The highest BCUT2D eigenvalue weighted by atomic mass is 35.5. The van der Waals surface area contributed by atoms with E-state index in [-0.39, 0.29) is 17.1 Å². The van der Waals surface area contributed by atoms with Crippen LogP contribution in [-0.4, -0.2) is 23.0 Å². The predicted octanol–water partition coefficient (Wildman–Crippen LogP) is 3.92. The average Bonchev–Trinajstić information content (AvgIpc) is 3.14. The van der Waals surface area contributed by atoms with Gasteiger partial charge in [-0.1, -0.05) is 29.8 Å². The number of halogens is 2. The Bertz CT molecular complexity index is 1260. The fourth-order valence-electron chi connectivity index (χ4n) is 2.89. The maximum Gasteiger partial charge on any atom is 0.268 e. The fraction of sp³-hybridized carbons (Fsp3) is 0.0526. The summed E-state index contributed by atoms with van der Waals surface area (Å²) in [6, 6.07) is 15.3. The normalized spacial score (nSPS) is 11.6. The highest BCUT2D eigenvalue weighted by Gasteiger charge is 2.28. The van der Waals surface area contributed by atoms with Crippen molar-refractivity contribution >= 4 is 33.0 Å². The van der Waals surface area contributed by atoms with Crippen molar-refractivity contribution in [2.75, 3.05) is 4.31 Å². The highest BCUT2D eigenvalue weighted by molar-refractivity contribution is 7.93. The van der Waals surface area contributed by atoms with E-state index >= 15 is 0 Å². The number of sulfonamides is 1. The van der Waals surface area contributed by atoms with Gasteiger partial charge in [0.25, 0.3) is 10.0 Å². The number of fused-ring (bicyclic) bond motifs is 1. The molecule has 9 heteroatoms. The second-order valence-corrected chi connectivity index (χ2v) is 8.32. The zero-order valence-corrected chi connectivity index (χ0v) is 16.0. The number of rotatable bonds is 5. The molecule has 0 N–H and O–H groups in total. The van der Waals surface area contributed by atoms with E-state index in [0.29, 0.717) is 16.3 Å². The number of hydrogen-bond acceptors (Lipinski definition) is 4. The van der Waals surface area contributed by atoms with Gasteiger partial charge in [0.15, 0.2) is 5.65 Å². The molecule has 0 spiro atoms. The SMILES string of the molecule is O=S(=O)(c1cccn2cnnc12)N(Cc1cccc(F)c1)c1cccc(Cl)c1. The Morgan fingerprint density at radius 1 is 1.07 bits per heavy atom. The van der Waals surface area contributed by atoms with Gasteiger partial charge in [-0.2, -0.15) is 0 Å². The van der Waals surface area contributed by atoms with E-state index in [2.05, 4.69) is 10.2 Å². The summed E-state index contributed by atoms with van der Waals surface area (Å²) in [6.07, 6.45) is 3.08. The fourth-order valence-corrected chi connectivity index (χ4v) is 4.65. The number of hydrogen-bond donors (Lipinski definition) is 0. The molecule has 6 nitrogen and oxygen atoms in total. The molecule has 0 atom stereocenters. The second kappa shape index (κ2) is 7.21. The molecule has 0 aliphatic heterocycles. The van der Waals surface area contributed by atoms with Gasteiger partial charge < -0.3 is 0 Å². The maximum absolute atomic E-state index is 13.7. The molecule has 2 aromatic carbocycles. The van der Waals surface area contributed by atoms with Crippen LogP contribution in [0.15, 0.2) is 78.1 Å². The van der Waals surface area contributed by atoms with Gasteiger partial charge in [0.1, 0.15) is 17.0 Å². The largest absolute Gasteiger partial charge is 0.288 e. The van der Waals surface area contributed by atoms with Crippen LogP contribution in [0.4, 0.5) is 10.1 Å². The quantitative estimate of drug-likeness (QED) is 0.494. The van der Waals surface area contributed by atoms with E-state index in [1.54, 1.807) is 42.6 Å². The molecule has 2 heterocycles. The number of pyridine rings is 1. The molecule has 0 aliphatic carbocycles. The van der Waals surface area contributed by atoms with E-state index in [9.17, 15) is 12.8 Å². The van der Waals surface area contributed by atoms with E-state index in [1.807, 2.05) is 0 Å². The van der Waals surface area contributed by atoms with Crippen molar-refractivity contribution in [1.29, 1.82) is 0 Å². The van der Waals surface area contributed by atoms with Crippen molar-refractivity contribution < 1.29 is 12.8 Å². The van der Waals surface area contributed by atoms with Gasteiger partial charge in [0.05, 0.1) is 12.2 Å². The summed E-state index contributed by atoms with van der Waals surface area (Å²) in [5, 5.41) is 8.08. The van der Waals surface area contributed by atoms with Gasteiger partial charge in [-0.3, -0.25) is 8.71 Å². The maximum atomic E-state index is 13.7. The topological polar surface area (TPSA) is 67.6 Å². The number of nitrogens with zero attached hydrogens (tertiary/aromatic N) is 4. The second-order valence-electron chi connectivity index (χ2n) is 6.06. The van der Waals surface area contributed by atoms with Crippen LogP contribution >= 0.6 is 11.6 Å². The van der Waals surface area contributed by atoms with Crippen molar-refractivity contribution in [1.82, 2.24) is 14.6 Å². The summed E-state index contributed by atoms with van der Waals surface area (Å²) in [4.78, 5) is -0.0103. The molecule has 0 saturated heterocycles. The third-order valence-electron chi connectivity index (χ3n) is 4.17. The van der Waals surface area contributed by atoms with E-state index in [0.717, 1.165) is 0 Å². The molecule has 0 fully saturated rings. The summed E-state index contributed by atoms with van der Waals surface area (Å²) in [7, 11) is -4.05. The molecule has 0 aliphatic rings. The summed E-state index contributed by atoms with van der Waals surface area (Å²) in [6.45, 7) is -0.0738. The monoisotopic (exact) mass is 416 g/mol. The summed E-state index contributed by atoms with van der Waals surface area (Å²) in [5.74, 6) is -0.444. The van der Waals surface area contributed by atoms with E-state index in [1.165, 1.54) is 39.3 Å². The Morgan fingerprint density at radius 2 is 1.89 bits per heavy atom. The first-order chi connectivity index (χ1) is 13.4. The lowest BCUT2D eigenvalue weighted by molar-refractivity contribution is 0.590. The molecule has 0 bridgehead atoms. The zero-order chi connectivity index (χ0) is 19.7. The van der Waals surface area contributed by atoms with Crippen molar-refractivity contribution in [2.24, 2.45) is 0 Å². The van der Waals surface area contributed by atoms with Crippen LogP contribution in [0.25, 0.3) is 5.65 Å². The Morgan fingerprint density at radius 3 is 2.68 bits per heavy atom. The van der Waals surface area contributed by atoms with Crippen LogP contribution in [0.2, 0.25) is 5.02 Å². The van der Waals surface area contributed by atoms with Crippen LogP contribution in [0.5, 0.6) is 0 Å². The summed E-state index contributed by atoms with van der Waals surface area (Å²) in [5.41, 5.74) is 1.06. The molecule has 0 saturated carbocycles. The first-order valence-electron chi connectivity index (χ1n) is 8.26. The Balaban J connectivity index is 1.88. The number of aromatic nitrogens is 3. The smallest absolute Gasteiger partial charge is 0.268 e. The van der Waals surface area contributed by atoms with Gasteiger partial charge >= 0.3 is 0 Å². The van der Waals surface area contributed by atoms with Crippen molar-refractivity contribution in [3.8, 4) is 0 Å². The zero-order valence-electron chi connectivity index (χ0n) is 14.4. The lowest BCUT2D eigenvalue weighted by atomic mass is 10.2. The van der Waals surface area contributed by atoms with Crippen LogP contribution in [-0.2, 0) is 16.6 Å². The minimum atomic E-state index is -4.05. The number of anilines is 1. The lowest BCUT2D eigenvalue weighted by Gasteiger charge is -2.25. The van der Waals surface area contributed by atoms with Crippen molar-refractivity contribution in [3.63, 3.8) is 0 Å². The van der Waals surface area contributed by atoms with Crippen molar-refractivity contribution in [3.05, 3.63) is 89.6 Å². The van der Waals surface area contributed by atoms with Crippen molar-refractivity contribution in [2.45, 2.75) is 11.4 Å². The average molecular weight is 417 g/mol. The molecular weight excluding hydrogens is 403 g/mol. The molecule has 0 amide bonds.